The van der Waals surface area contributed by atoms with Crippen LogP contribution in [0.2, 0.25) is 0 Å². The number of hydrogen-bond donors (Lipinski definition) is 1. The summed E-state index contributed by atoms with van der Waals surface area (Å²) < 4.78 is 6.79. The summed E-state index contributed by atoms with van der Waals surface area (Å²) in [4.78, 5) is 12.2. The number of nitrogen functional groups attached to an aromatic ring is 1. The lowest BCUT2D eigenvalue weighted by Gasteiger charge is -2.57. The van der Waals surface area contributed by atoms with E-state index in [0.29, 0.717) is 17.8 Å². The molecular formula is C22H29NO3. The first kappa shape index (κ1) is 15.9. The summed E-state index contributed by atoms with van der Waals surface area (Å²) >= 11 is 0. The maximum absolute atomic E-state index is 6.79. The summed E-state index contributed by atoms with van der Waals surface area (Å²) in [6, 6.07) is 8.36. The van der Waals surface area contributed by atoms with Gasteiger partial charge in [0.25, 0.3) is 0 Å². The van der Waals surface area contributed by atoms with Crippen molar-refractivity contribution < 1.29 is 14.5 Å². The van der Waals surface area contributed by atoms with Crippen LogP contribution in [0, 0.1) is 23.7 Å². The van der Waals surface area contributed by atoms with Crippen molar-refractivity contribution in [2.75, 3.05) is 5.73 Å². The highest BCUT2D eigenvalue weighted by molar-refractivity contribution is 5.40. The predicted molar refractivity (Wildman–Crippen MR) is 97.8 cm³/mol. The molecule has 1 aromatic carbocycles. The molecule has 7 rings (SSSR count). The molecule has 2 N–H and O–H groups in total. The average Bonchev–Trinajstić information content (AvgIpc) is 3.01. The monoisotopic (exact) mass is 355 g/mol. The van der Waals surface area contributed by atoms with Crippen LogP contribution in [0.5, 0.6) is 0 Å². The van der Waals surface area contributed by atoms with E-state index in [9.17, 15) is 0 Å². The molecule has 0 aromatic heterocycles. The van der Waals surface area contributed by atoms with Crippen molar-refractivity contribution in [3.8, 4) is 0 Å². The Morgan fingerprint density at radius 2 is 1.42 bits per heavy atom. The predicted octanol–water partition coefficient (Wildman–Crippen LogP) is 4.75. The van der Waals surface area contributed by atoms with Gasteiger partial charge >= 0.3 is 0 Å². The molecule has 26 heavy (non-hydrogen) atoms. The van der Waals surface area contributed by atoms with Crippen LogP contribution >= 0.6 is 0 Å². The molecule has 4 bridgehead atoms. The van der Waals surface area contributed by atoms with Gasteiger partial charge in [0.15, 0.2) is 0 Å². The van der Waals surface area contributed by atoms with Crippen molar-refractivity contribution >= 4 is 5.69 Å². The first-order valence-corrected chi connectivity index (χ1v) is 10.6. The maximum atomic E-state index is 6.79. The van der Waals surface area contributed by atoms with Crippen LogP contribution in [-0.4, -0.2) is 11.6 Å². The molecule has 1 aromatic rings. The lowest BCUT2D eigenvalue weighted by Crippen LogP contribution is -2.59. The zero-order valence-corrected chi connectivity index (χ0v) is 15.4. The fourth-order valence-corrected chi connectivity index (χ4v) is 6.95. The molecule has 5 saturated carbocycles. The smallest absolute Gasteiger partial charge is 0.210 e. The van der Waals surface area contributed by atoms with E-state index in [1.807, 2.05) is 12.1 Å². The van der Waals surface area contributed by atoms with Crippen LogP contribution in [-0.2, 0) is 14.5 Å². The lowest BCUT2D eigenvalue weighted by atomic mass is 9.53. The molecule has 1 heterocycles. The first-order valence-electron chi connectivity index (χ1n) is 10.6. The molecule has 5 aliphatic carbocycles. The van der Waals surface area contributed by atoms with Crippen LogP contribution in [0.25, 0.3) is 0 Å². The van der Waals surface area contributed by atoms with Crippen molar-refractivity contribution in [1.82, 2.24) is 0 Å². The van der Waals surface area contributed by atoms with Gasteiger partial charge in [0.2, 0.25) is 11.6 Å². The molecule has 1 saturated heterocycles. The van der Waals surface area contributed by atoms with E-state index in [-0.39, 0.29) is 0 Å². The van der Waals surface area contributed by atoms with E-state index in [2.05, 4.69) is 12.1 Å². The highest BCUT2D eigenvalue weighted by Crippen LogP contribution is 2.64. The minimum absolute atomic E-state index is 0.429. The molecule has 6 fully saturated rings. The summed E-state index contributed by atoms with van der Waals surface area (Å²) in [7, 11) is 0. The fourth-order valence-electron chi connectivity index (χ4n) is 6.95. The molecule has 1 aliphatic heterocycles. The summed E-state index contributed by atoms with van der Waals surface area (Å²) in [5.74, 6) is 2.56. The topological polar surface area (TPSA) is 53.7 Å². The zero-order chi connectivity index (χ0) is 17.4. The van der Waals surface area contributed by atoms with Crippen LogP contribution in [0.15, 0.2) is 24.3 Å². The molecule has 0 radical (unpaired) electrons. The van der Waals surface area contributed by atoms with Gasteiger partial charge in [-0.1, -0.05) is 12.1 Å². The molecule has 2 spiro atoms. The van der Waals surface area contributed by atoms with Crippen molar-refractivity contribution in [3.05, 3.63) is 29.8 Å². The van der Waals surface area contributed by atoms with Crippen LogP contribution in [0.4, 0.5) is 5.69 Å². The normalized spacial score (nSPS) is 49.3. The van der Waals surface area contributed by atoms with Gasteiger partial charge in [-0.15, -0.1) is 0 Å². The van der Waals surface area contributed by atoms with E-state index < -0.39 is 11.6 Å². The summed E-state index contributed by atoms with van der Waals surface area (Å²) in [6.45, 7) is 0. The van der Waals surface area contributed by atoms with Crippen molar-refractivity contribution in [2.24, 2.45) is 23.7 Å². The van der Waals surface area contributed by atoms with E-state index in [4.69, 9.17) is 20.2 Å². The largest absolute Gasteiger partial charge is 0.399 e. The quantitative estimate of drug-likeness (QED) is 0.583. The van der Waals surface area contributed by atoms with Gasteiger partial charge in [0, 0.05) is 30.4 Å². The molecule has 6 aliphatic rings. The Balaban J connectivity index is 1.18. The molecule has 4 nitrogen and oxygen atoms in total. The number of rotatable bonds is 1. The van der Waals surface area contributed by atoms with E-state index in [1.54, 1.807) is 0 Å². The van der Waals surface area contributed by atoms with E-state index in [1.165, 1.54) is 37.7 Å². The van der Waals surface area contributed by atoms with Gasteiger partial charge in [0.1, 0.15) is 0 Å². The summed E-state index contributed by atoms with van der Waals surface area (Å²) in [6.07, 6.45) is 10.6. The Kier molecular flexibility index (Phi) is 3.34. The van der Waals surface area contributed by atoms with Crippen molar-refractivity contribution in [3.63, 3.8) is 0 Å². The summed E-state index contributed by atoms with van der Waals surface area (Å²) in [5.41, 5.74) is 8.05. The Bertz CT molecular complexity index is 664. The van der Waals surface area contributed by atoms with Gasteiger partial charge in [-0.05, 0) is 80.4 Å². The molecule has 0 unspecified atom stereocenters. The molecule has 0 atom stereocenters. The van der Waals surface area contributed by atoms with Crippen LogP contribution in [0.3, 0.4) is 0 Å². The zero-order valence-electron chi connectivity index (χ0n) is 15.4. The fraction of sp³-hybridized carbons (Fsp3) is 0.727. The Labute approximate surface area is 155 Å². The third kappa shape index (κ3) is 2.25. The van der Waals surface area contributed by atoms with Crippen LogP contribution < -0.4 is 5.73 Å². The van der Waals surface area contributed by atoms with Gasteiger partial charge in [-0.25, -0.2) is 0 Å². The number of benzene rings is 1. The first-order chi connectivity index (χ1) is 12.6. The number of nitrogens with two attached hydrogens (primary N) is 1. The number of ether oxygens (including phenoxy) is 1. The number of hydrogen-bond acceptors (Lipinski definition) is 4. The Morgan fingerprint density at radius 3 is 2.04 bits per heavy atom. The standard InChI is InChI=1S/C22H29NO3/c23-20-3-1-16(2-4-20)17-5-7-21(8-6-17)24-22(26-25-21)18-10-14-9-15(12-18)13-19(22)11-14/h1-4,14-15,17-19H,5-13,23H2/t14?,15?,17-,18?,19?,21+,22-. The second-order valence-corrected chi connectivity index (χ2v) is 9.65. The van der Waals surface area contributed by atoms with Gasteiger partial charge in [0.05, 0.1) is 0 Å². The maximum Gasteiger partial charge on any atom is 0.210 e. The highest BCUT2D eigenvalue weighted by Gasteiger charge is 2.66. The van der Waals surface area contributed by atoms with Crippen molar-refractivity contribution in [2.45, 2.75) is 75.3 Å². The van der Waals surface area contributed by atoms with Crippen LogP contribution in [0.1, 0.15) is 69.3 Å². The van der Waals surface area contributed by atoms with Crippen molar-refractivity contribution in [1.29, 1.82) is 0 Å². The average molecular weight is 355 g/mol. The molecule has 4 heteroatoms. The molecule has 140 valence electrons. The SMILES string of the molecule is Nc1ccc([C@H]2CC[C@]3(CC2)OO[C@]2(O3)C3CC4CC(C3)CC2C4)cc1. The molecule has 0 amide bonds. The molecular weight excluding hydrogens is 326 g/mol. The van der Waals surface area contributed by atoms with E-state index in [0.717, 1.165) is 43.2 Å². The number of anilines is 1. The highest BCUT2D eigenvalue weighted by atomic mass is 17.3. The van der Waals surface area contributed by atoms with Gasteiger partial charge in [-0.2, -0.15) is 9.78 Å². The third-order valence-electron chi connectivity index (χ3n) is 8.10. The third-order valence-corrected chi connectivity index (χ3v) is 8.10. The summed E-state index contributed by atoms with van der Waals surface area (Å²) in [5, 5.41) is 0. The minimum Gasteiger partial charge on any atom is -0.399 e. The van der Waals surface area contributed by atoms with Gasteiger partial charge in [-0.3, -0.25) is 0 Å². The second kappa shape index (κ2) is 5.46. The van der Waals surface area contributed by atoms with Gasteiger partial charge < -0.3 is 10.5 Å². The van der Waals surface area contributed by atoms with E-state index >= 15 is 0 Å². The Morgan fingerprint density at radius 1 is 0.808 bits per heavy atom. The lowest BCUT2D eigenvalue weighted by molar-refractivity contribution is -0.390. The Hall–Kier alpha value is -1.10. The minimum atomic E-state index is -0.500. The second-order valence-electron chi connectivity index (χ2n) is 9.65.